The van der Waals surface area contributed by atoms with Crippen LogP contribution < -0.4 is 14.8 Å². The van der Waals surface area contributed by atoms with Crippen molar-refractivity contribution in [1.29, 1.82) is 0 Å². The number of hydrogen-bond acceptors (Lipinski definition) is 9. The Bertz CT molecular complexity index is 1920. The molecule has 2 aromatic carbocycles. The van der Waals surface area contributed by atoms with E-state index in [-0.39, 0.29) is 23.4 Å². The number of aryl methyl sites for hydroxylation is 1. The van der Waals surface area contributed by atoms with Gasteiger partial charge in [-0.3, -0.25) is 4.79 Å². The average molecular weight is 765 g/mol. The molecule has 5 aromatic rings. The zero-order valence-corrected chi connectivity index (χ0v) is 29.4. The number of imidazole rings is 1. The number of benzene rings is 2. The van der Waals surface area contributed by atoms with Crippen LogP contribution in [0.15, 0.2) is 71.8 Å². The molecule has 0 bridgehead atoms. The standard InChI is InChI=1S/C20H19F3N4O2S.C15H15F3N2OS/c1-26-10-17(24-12-26)19(28)27(15-3-2-4-15)9-14-11-30-18(25-14)13-5-7-16(8-6-13)29-20(21,22)23;16-15(17,18)21-13-6-4-10(5-7-13)14-20-12(9-22-14)8-19-11-2-1-3-11/h5-8,10-12,15H,2-4,9H2,1H3;4-7,9,11,19H,1-3,8H2. The summed E-state index contributed by atoms with van der Waals surface area (Å²) >= 11 is 2.87. The predicted molar refractivity (Wildman–Crippen MR) is 184 cm³/mol. The van der Waals surface area contributed by atoms with Gasteiger partial charge in [0.1, 0.15) is 27.2 Å². The Balaban J connectivity index is 0.000000187. The molecule has 0 saturated heterocycles. The first kappa shape index (κ1) is 37.3. The second kappa shape index (κ2) is 16.0. The minimum atomic E-state index is -4.72. The highest BCUT2D eigenvalue weighted by Gasteiger charge is 2.33. The lowest BCUT2D eigenvalue weighted by Crippen LogP contribution is -2.43. The van der Waals surface area contributed by atoms with Crippen LogP contribution in [-0.2, 0) is 20.1 Å². The normalized spacial score (nSPS) is 14.9. The molecule has 7 rings (SSSR count). The van der Waals surface area contributed by atoms with Crippen molar-refractivity contribution in [1.82, 2.24) is 29.7 Å². The third kappa shape index (κ3) is 10.3. The molecule has 52 heavy (non-hydrogen) atoms. The van der Waals surface area contributed by atoms with Gasteiger partial charge in [-0.2, -0.15) is 0 Å². The summed E-state index contributed by atoms with van der Waals surface area (Å²) in [5.74, 6) is -0.622. The van der Waals surface area contributed by atoms with Crippen molar-refractivity contribution >= 4 is 28.6 Å². The fourth-order valence-electron chi connectivity index (χ4n) is 5.40. The summed E-state index contributed by atoms with van der Waals surface area (Å²) in [6.45, 7) is 1.10. The Hall–Kier alpha value is -4.48. The van der Waals surface area contributed by atoms with Crippen LogP contribution in [0.1, 0.15) is 60.4 Å². The number of ether oxygens (including phenoxy) is 2. The summed E-state index contributed by atoms with van der Waals surface area (Å²) in [5, 5.41) is 8.74. The van der Waals surface area contributed by atoms with Crippen LogP contribution in [-0.4, -0.2) is 55.1 Å². The Morgan fingerprint density at radius 3 is 1.79 bits per heavy atom. The largest absolute Gasteiger partial charge is 0.573 e. The summed E-state index contributed by atoms with van der Waals surface area (Å²) in [4.78, 5) is 28.0. The van der Waals surface area contributed by atoms with Crippen molar-refractivity contribution in [2.75, 3.05) is 0 Å². The van der Waals surface area contributed by atoms with Crippen LogP contribution in [0, 0.1) is 0 Å². The molecule has 2 fully saturated rings. The number of hydrogen-bond donors (Lipinski definition) is 1. The number of aromatic nitrogens is 4. The Morgan fingerprint density at radius 1 is 0.827 bits per heavy atom. The molecule has 0 radical (unpaired) electrons. The van der Waals surface area contributed by atoms with Gasteiger partial charge in [0.15, 0.2) is 0 Å². The van der Waals surface area contributed by atoms with Gasteiger partial charge in [0.05, 0.1) is 24.3 Å². The molecule has 1 amide bonds. The molecule has 0 aliphatic heterocycles. The van der Waals surface area contributed by atoms with Gasteiger partial charge in [-0.1, -0.05) is 6.42 Å². The first-order chi connectivity index (χ1) is 24.8. The van der Waals surface area contributed by atoms with Crippen molar-refractivity contribution in [3.8, 4) is 32.6 Å². The van der Waals surface area contributed by atoms with Gasteiger partial charge < -0.3 is 24.3 Å². The van der Waals surface area contributed by atoms with Crippen LogP contribution >= 0.6 is 22.7 Å². The maximum atomic E-state index is 12.9. The van der Waals surface area contributed by atoms with Gasteiger partial charge in [-0.05, 0) is 80.6 Å². The molecule has 3 aromatic heterocycles. The molecule has 2 aliphatic carbocycles. The van der Waals surface area contributed by atoms with Crippen LogP contribution in [0.5, 0.6) is 11.5 Å². The van der Waals surface area contributed by atoms with E-state index >= 15 is 0 Å². The average Bonchev–Trinajstić information content (AvgIpc) is 3.80. The molecule has 0 atom stereocenters. The van der Waals surface area contributed by atoms with Crippen molar-refractivity contribution in [2.24, 2.45) is 7.05 Å². The molecule has 3 heterocycles. The fourth-order valence-corrected chi connectivity index (χ4v) is 7.05. The third-order valence-corrected chi connectivity index (χ3v) is 10.4. The van der Waals surface area contributed by atoms with E-state index in [0.29, 0.717) is 28.9 Å². The van der Waals surface area contributed by atoms with Crippen LogP contribution in [0.2, 0.25) is 0 Å². The van der Waals surface area contributed by atoms with Crippen LogP contribution in [0.4, 0.5) is 26.3 Å². The topological polar surface area (TPSA) is 94.4 Å². The van der Waals surface area contributed by atoms with Crippen molar-refractivity contribution in [3.05, 3.63) is 88.9 Å². The highest BCUT2D eigenvalue weighted by Crippen LogP contribution is 2.32. The van der Waals surface area contributed by atoms with Crippen LogP contribution in [0.3, 0.4) is 0 Å². The van der Waals surface area contributed by atoms with E-state index in [9.17, 15) is 31.1 Å². The number of alkyl halides is 6. The Morgan fingerprint density at radius 2 is 1.35 bits per heavy atom. The van der Waals surface area contributed by atoms with Gasteiger partial charge in [0.25, 0.3) is 5.91 Å². The minimum Gasteiger partial charge on any atom is -0.406 e. The summed E-state index contributed by atoms with van der Waals surface area (Å²) in [7, 11) is 1.81. The second-order valence-electron chi connectivity index (χ2n) is 12.4. The number of carbonyl (C=O) groups is 1. The molecule has 17 heteroatoms. The highest BCUT2D eigenvalue weighted by atomic mass is 32.1. The molecule has 1 N–H and O–H groups in total. The number of carbonyl (C=O) groups excluding carboxylic acids is 1. The first-order valence-electron chi connectivity index (χ1n) is 16.4. The van der Waals surface area contributed by atoms with E-state index in [1.54, 1.807) is 29.2 Å². The van der Waals surface area contributed by atoms with Crippen molar-refractivity contribution < 1.29 is 40.6 Å². The zero-order valence-electron chi connectivity index (χ0n) is 27.8. The first-order valence-corrected chi connectivity index (χ1v) is 18.2. The van der Waals surface area contributed by atoms with E-state index in [0.717, 1.165) is 47.8 Å². The summed E-state index contributed by atoms with van der Waals surface area (Å²) in [6.07, 6.45) is 0.633. The molecular weight excluding hydrogens is 731 g/mol. The number of halogens is 6. The molecule has 0 unspecified atom stereocenters. The van der Waals surface area contributed by atoms with E-state index in [4.69, 9.17) is 0 Å². The molecular formula is C35H34F6N6O3S2. The zero-order chi connectivity index (χ0) is 36.9. The minimum absolute atomic E-state index is 0.122. The lowest BCUT2D eigenvalue weighted by molar-refractivity contribution is -0.275. The molecule has 0 spiro atoms. The number of nitrogens with one attached hydrogen (secondary N) is 1. The van der Waals surface area contributed by atoms with E-state index in [2.05, 4.69) is 29.7 Å². The van der Waals surface area contributed by atoms with Crippen molar-refractivity contribution in [3.63, 3.8) is 0 Å². The summed E-state index contributed by atoms with van der Waals surface area (Å²) < 4.78 is 82.7. The lowest BCUT2D eigenvalue weighted by atomic mass is 9.91. The number of amides is 1. The fraction of sp³-hybridized carbons (Fsp3) is 0.371. The summed E-state index contributed by atoms with van der Waals surface area (Å²) in [6, 6.07) is 12.1. The Labute approximate surface area is 303 Å². The molecule has 2 aliphatic rings. The number of nitrogens with zero attached hydrogens (tertiary/aromatic N) is 5. The van der Waals surface area contributed by atoms with Crippen LogP contribution in [0.25, 0.3) is 21.1 Å². The molecule has 9 nitrogen and oxygen atoms in total. The summed E-state index contributed by atoms with van der Waals surface area (Å²) in [5.41, 5.74) is 3.57. The SMILES string of the molecule is Cn1cnc(C(=O)N(Cc2csc(-c3ccc(OC(F)(F)F)cc3)n2)C2CCC2)c1.FC(F)(F)Oc1ccc(-c2nc(CNC3CCC3)cs2)cc1. The smallest absolute Gasteiger partial charge is 0.406 e. The van der Waals surface area contributed by atoms with E-state index in [1.807, 2.05) is 22.7 Å². The van der Waals surface area contributed by atoms with Gasteiger partial charge in [0.2, 0.25) is 0 Å². The van der Waals surface area contributed by atoms with E-state index in [1.165, 1.54) is 78.3 Å². The number of rotatable bonds is 11. The van der Waals surface area contributed by atoms with E-state index < -0.39 is 12.7 Å². The Kier molecular flexibility index (Phi) is 11.5. The highest BCUT2D eigenvalue weighted by molar-refractivity contribution is 7.13. The quantitative estimate of drug-likeness (QED) is 0.134. The maximum Gasteiger partial charge on any atom is 0.573 e. The van der Waals surface area contributed by atoms with Gasteiger partial charge in [-0.15, -0.1) is 49.0 Å². The third-order valence-electron chi connectivity index (χ3n) is 8.48. The maximum absolute atomic E-state index is 12.9. The lowest BCUT2D eigenvalue weighted by Gasteiger charge is -2.36. The molecule has 276 valence electrons. The molecule has 2 saturated carbocycles. The second-order valence-corrected chi connectivity index (χ2v) is 14.1. The van der Waals surface area contributed by atoms with Crippen molar-refractivity contribution in [2.45, 2.75) is 76.4 Å². The van der Waals surface area contributed by atoms with Gasteiger partial charge in [-0.25, -0.2) is 15.0 Å². The van der Waals surface area contributed by atoms with Gasteiger partial charge in [0, 0.05) is 53.8 Å². The number of thiazole rings is 2. The van der Waals surface area contributed by atoms with Gasteiger partial charge >= 0.3 is 12.7 Å². The predicted octanol–water partition coefficient (Wildman–Crippen LogP) is 8.99. The monoisotopic (exact) mass is 764 g/mol.